The fourth-order valence-corrected chi connectivity index (χ4v) is 2.99. The van der Waals surface area contributed by atoms with Crippen molar-refractivity contribution in [2.75, 3.05) is 13.7 Å². The molecule has 1 heterocycles. The largest absolute Gasteiger partial charge is 0.496 e. The summed E-state index contributed by atoms with van der Waals surface area (Å²) in [6.07, 6.45) is 0.823. The zero-order valence-corrected chi connectivity index (χ0v) is 14.9. The maximum absolute atomic E-state index is 12.5. The SMILES string of the molecule is COc1cc2ccccc2cc1C(=O)NCCCn1nc(C)cc1C. The molecule has 130 valence electrons. The van der Waals surface area contributed by atoms with E-state index in [9.17, 15) is 4.79 Å². The third-order valence-corrected chi connectivity index (χ3v) is 4.25. The average molecular weight is 337 g/mol. The Kier molecular flexibility index (Phi) is 5.03. The fourth-order valence-electron chi connectivity index (χ4n) is 2.99. The number of hydrogen-bond acceptors (Lipinski definition) is 3. The van der Waals surface area contributed by atoms with Crippen LogP contribution in [-0.2, 0) is 6.54 Å². The van der Waals surface area contributed by atoms with Crippen LogP contribution < -0.4 is 10.1 Å². The Morgan fingerprint density at radius 3 is 2.52 bits per heavy atom. The van der Waals surface area contributed by atoms with E-state index in [4.69, 9.17) is 4.74 Å². The van der Waals surface area contributed by atoms with Crippen LogP contribution in [0.4, 0.5) is 0 Å². The first-order chi connectivity index (χ1) is 12.1. The van der Waals surface area contributed by atoms with E-state index in [1.165, 1.54) is 0 Å². The van der Waals surface area contributed by atoms with Gasteiger partial charge in [0.2, 0.25) is 0 Å². The molecule has 0 saturated carbocycles. The van der Waals surface area contributed by atoms with Gasteiger partial charge in [-0.3, -0.25) is 9.48 Å². The molecule has 5 nitrogen and oxygen atoms in total. The molecular formula is C20H23N3O2. The summed E-state index contributed by atoms with van der Waals surface area (Å²) in [6.45, 7) is 5.40. The summed E-state index contributed by atoms with van der Waals surface area (Å²) in [6, 6.07) is 13.8. The van der Waals surface area contributed by atoms with Crippen molar-refractivity contribution >= 4 is 16.7 Å². The Balaban J connectivity index is 1.64. The van der Waals surface area contributed by atoms with Crippen LogP contribution in [0.15, 0.2) is 42.5 Å². The van der Waals surface area contributed by atoms with Crippen molar-refractivity contribution in [3.63, 3.8) is 0 Å². The van der Waals surface area contributed by atoms with E-state index in [1.54, 1.807) is 7.11 Å². The molecule has 2 aromatic carbocycles. The lowest BCUT2D eigenvalue weighted by Gasteiger charge is -2.11. The van der Waals surface area contributed by atoms with Gasteiger partial charge in [-0.2, -0.15) is 5.10 Å². The number of aromatic nitrogens is 2. The van der Waals surface area contributed by atoms with E-state index in [0.29, 0.717) is 17.9 Å². The van der Waals surface area contributed by atoms with Gasteiger partial charge >= 0.3 is 0 Å². The molecule has 0 aliphatic carbocycles. The molecule has 3 rings (SSSR count). The van der Waals surface area contributed by atoms with Crippen molar-refractivity contribution in [3.8, 4) is 5.75 Å². The summed E-state index contributed by atoms with van der Waals surface area (Å²) in [4.78, 5) is 12.5. The average Bonchev–Trinajstić information content (AvgIpc) is 2.94. The molecular weight excluding hydrogens is 314 g/mol. The first-order valence-electron chi connectivity index (χ1n) is 8.44. The molecule has 1 amide bonds. The van der Waals surface area contributed by atoms with Crippen molar-refractivity contribution in [2.24, 2.45) is 0 Å². The van der Waals surface area contributed by atoms with Crippen LogP contribution in [0.25, 0.3) is 10.8 Å². The van der Waals surface area contributed by atoms with Gasteiger partial charge in [0.05, 0.1) is 18.4 Å². The van der Waals surface area contributed by atoms with Gasteiger partial charge in [0.1, 0.15) is 5.75 Å². The van der Waals surface area contributed by atoms with Crippen molar-refractivity contribution in [1.29, 1.82) is 0 Å². The quantitative estimate of drug-likeness (QED) is 0.701. The van der Waals surface area contributed by atoms with E-state index < -0.39 is 0 Å². The number of fused-ring (bicyclic) bond motifs is 1. The molecule has 0 aliphatic rings. The lowest BCUT2D eigenvalue weighted by atomic mass is 10.1. The van der Waals surface area contributed by atoms with Gasteiger partial charge < -0.3 is 10.1 Å². The number of aryl methyl sites for hydroxylation is 3. The zero-order chi connectivity index (χ0) is 17.8. The number of benzene rings is 2. The Hall–Kier alpha value is -2.82. The van der Waals surface area contributed by atoms with Gasteiger partial charge in [0.15, 0.2) is 0 Å². The molecule has 1 N–H and O–H groups in total. The van der Waals surface area contributed by atoms with Crippen molar-refractivity contribution in [1.82, 2.24) is 15.1 Å². The highest BCUT2D eigenvalue weighted by Gasteiger charge is 2.13. The number of carbonyl (C=O) groups excluding carboxylic acids is 1. The number of methoxy groups -OCH3 is 1. The van der Waals surface area contributed by atoms with Crippen LogP contribution in [0.2, 0.25) is 0 Å². The van der Waals surface area contributed by atoms with Crippen LogP contribution in [0.3, 0.4) is 0 Å². The highest BCUT2D eigenvalue weighted by molar-refractivity contribution is 6.01. The van der Waals surface area contributed by atoms with Gasteiger partial charge in [-0.1, -0.05) is 24.3 Å². The van der Waals surface area contributed by atoms with Gasteiger partial charge in [0.25, 0.3) is 5.91 Å². The normalized spacial score (nSPS) is 10.8. The van der Waals surface area contributed by atoms with Gasteiger partial charge in [-0.25, -0.2) is 0 Å². The van der Waals surface area contributed by atoms with Gasteiger partial charge in [0, 0.05) is 18.8 Å². The van der Waals surface area contributed by atoms with E-state index in [0.717, 1.165) is 35.1 Å². The number of rotatable bonds is 6. The molecule has 25 heavy (non-hydrogen) atoms. The monoisotopic (exact) mass is 337 g/mol. The van der Waals surface area contributed by atoms with Crippen molar-refractivity contribution in [3.05, 3.63) is 59.4 Å². The molecule has 0 fully saturated rings. The molecule has 0 saturated heterocycles. The van der Waals surface area contributed by atoms with Crippen LogP contribution in [-0.4, -0.2) is 29.3 Å². The highest BCUT2D eigenvalue weighted by atomic mass is 16.5. The molecule has 0 bridgehead atoms. The van der Waals surface area contributed by atoms with E-state index in [-0.39, 0.29) is 5.91 Å². The standard InChI is InChI=1S/C20H23N3O2/c1-14-11-15(2)23(22-14)10-6-9-21-20(24)18-12-16-7-4-5-8-17(16)13-19(18)25-3/h4-5,7-8,11-13H,6,9-10H2,1-3H3,(H,21,24). The third kappa shape index (κ3) is 3.82. The third-order valence-electron chi connectivity index (χ3n) is 4.25. The van der Waals surface area contributed by atoms with Crippen LogP contribution in [0.5, 0.6) is 5.75 Å². The minimum atomic E-state index is -0.115. The van der Waals surface area contributed by atoms with Crippen molar-refractivity contribution in [2.45, 2.75) is 26.8 Å². The maximum atomic E-state index is 12.5. The van der Waals surface area contributed by atoms with E-state index in [1.807, 2.05) is 54.9 Å². The van der Waals surface area contributed by atoms with Crippen LogP contribution in [0, 0.1) is 13.8 Å². The first kappa shape index (κ1) is 17.0. The lowest BCUT2D eigenvalue weighted by molar-refractivity contribution is 0.0949. The number of nitrogens with zero attached hydrogens (tertiary/aromatic N) is 2. The van der Waals surface area contributed by atoms with Crippen LogP contribution in [0.1, 0.15) is 28.2 Å². The molecule has 0 spiro atoms. The maximum Gasteiger partial charge on any atom is 0.255 e. The summed E-state index contributed by atoms with van der Waals surface area (Å²) in [5.41, 5.74) is 2.72. The molecule has 3 aromatic rings. The number of nitrogens with one attached hydrogen (secondary N) is 1. The Morgan fingerprint density at radius 1 is 1.16 bits per heavy atom. The molecule has 0 atom stereocenters. The van der Waals surface area contributed by atoms with Gasteiger partial charge in [-0.15, -0.1) is 0 Å². The summed E-state index contributed by atoms with van der Waals surface area (Å²) >= 11 is 0. The van der Waals surface area contributed by atoms with Gasteiger partial charge in [-0.05, 0) is 49.2 Å². The minimum Gasteiger partial charge on any atom is -0.496 e. The summed E-state index contributed by atoms with van der Waals surface area (Å²) in [5, 5.41) is 9.49. The summed E-state index contributed by atoms with van der Waals surface area (Å²) in [5.74, 6) is 0.478. The van der Waals surface area contributed by atoms with E-state index in [2.05, 4.69) is 16.5 Å². The topological polar surface area (TPSA) is 56.1 Å². The molecule has 0 radical (unpaired) electrons. The molecule has 0 unspecified atom stereocenters. The molecule has 1 aromatic heterocycles. The van der Waals surface area contributed by atoms with Crippen LogP contribution >= 0.6 is 0 Å². The smallest absolute Gasteiger partial charge is 0.255 e. The van der Waals surface area contributed by atoms with E-state index >= 15 is 0 Å². The number of amides is 1. The second-order valence-electron chi connectivity index (χ2n) is 6.16. The van der Waals surface area contributed by atoms with Crippen molar-refractivity contribution < 1.29 is 9.53 Å². The zero-order valence-electron chi connectivity index (χ0n) is 14.9. The minimum absolute atomic E-state index is 0.115. The number of carbonyl (C=O) groups is 1. The summed E-state index contributed by atoms with van der Waals surface area (Å²) in [7, 11) is 1.59. The fraction of sp³-hybridized carbons (Fsp3) is 0.300. The summed E-state index contributed by atoms with van der Waals surface area (Å²) < 4.78 is 7.36. The Morgan fingerprint density at radius 2 is 1.88 bits per heavy atom. The molecule has 5 heteroatoms. The number of hydrogen-bond donors (Lipinski definition) is 1. The first-order valence-corrected chi connectivity index (χ1v) is 8.44. The second kappa shape index (κ2) is 7.38. The molecule has 0 aliphatic heterocycles. The predicted molar refractivity (Wildman–Crippen MR) is 99.2 cm³/mol. The lowest BCUT2D eigenvalue weighted by Crippen LogP contribution is -2.26. The highest BCUT2D eigenvalue weighted by Crippen LogP contribution is 2.25. The number of ether oxygens (including phenoxy) is 1. The Labute approximate surface area is 147 Å². The second-order valence-corrected chi connectivity index (χ2v) is 6.16. The Bertz CT molecular complexity index is 899. The predicted octanol–water partition coefficient (Wildman–Crippen LogP) is 3.48.